The summed E-state index contributed by atoms with van der Waals surface area (Å²) in [6, 6.07) is 0. The Balaban J connectivity index is 1.37. The van der Waals surface area contributed by atoms with E-state index in [9.17, 15) is 0 Å². The van der Waals surface area contributed by atoms with Crippen molar-refractivity contribution in [2.45, 2.75) is 103 Å². The zero-order chi connectivity index (χ0) is 21.9. The smallest absolute Gasteiger partial charge is 0.0948 e. The van der Waals surface area contributed by atoms with Crippen LogP contribution in [0.5, 0.6) is 0 Å². The van der Waals surface area contributed by atoms with Crippen LogP contribution in [0.3, 0.4) is 0 Å². The summed E-state index contributed by atoms with van der Waals surface area (Å²) in [5, 5.41) is 0. The van der Waals surface area contributed by atoms with E-state index in [4.69, 9.17) is 5.73 Å². The quantitative estimate of drug-likeness (QED) is 0.542. The minimum absolute atomic E-state index is 0.0415. The van der Waals surface area contributed by atoms with Crippen molar-refractivity contribution in [2.24, 2.45) is 46.2 Å². The van der Waals surface area contributed by atoms with Crippen LogP contribution in [0.15, 0.2) is 30.9 Å². The van der Waals surface area contributed by atoms with Crippen LogP contribution in [-0.4, -0.2) is 15.1 Å². The van der Waals surface area contributed by atoms with Gasteiger partial charge in [-0.05, 0) is 98.2 Å². The van der Waals surface area contributed by atoms with E-state index in [1.165, 1.54) is 76.2 Å². The van der Waals surface area contributed by atoms with E-state index in [1.807, 2.05) is 12.5 Å². The fraction of sp³-hybridized carbons (Fsp3) is 0.821. The average molecular weight is 424 g/mol. The molecule has 0 aliphatic heterocycles. The van der Waals surface area contributed by atoms with Crippen LogP contribution in [0, 0.1) is 40.4 Å². The number of imidazole rings is 1. The van der Waals surface area contributed by atoms with E-state index in [1.54, 1.807) is 0 Å². The molecular weight excluding hydrogens is 378 g/mol. The number of aromatic nitrogens is 2. The summed E-state index contributed by atoms with van der Waals surface area (Å²) in [4.78, 5) is 4.23. The van der Waals surface area contributed by atoms with Gasteiger partial charge in [0, 0.05) is 24.5 Å². The Hall–Kier alpha value is -1.09. The number of nitrogens with zero attached hydrogens (tertiary/aromatic N) is 2. The molecule has 0 amide bonds. The molecule has 4 aliphatic rings. The van der Waals surface area contributed by atoms with Crippen molar-refractivity contribution < 1.29 is 0 Å². The van der Waals surface area contributed by atoms with Crippen molar-refractivity contribution in [2.75, 3.05) is 0 Å². The maximum Gasteiger partial charge on any atom is 0.0948 e. The molecule has 4 aliphatic carbocycles. The number of nitrogens with two attached hydrogens (primary N) is 1. The Morgan fingerprint density at radius 3 is 2.58 bits per heavy atom. The summed E-state index contributed by atoms with van der Waals surface area (Å²) in [5.41, 5.74) is 9.81. The van der Waals surface area contributed by atoms with Crippen molar-refractivity contribution in [3.05, 3.63) is 30.9 Å². The van der Waals surface area contributed by atoms with Gasteiger partial charge in [-0.15, -0.1) is 0 Å². The molecule has 1 aromatic heterocycles. The van der Waals surface area contributed by atoms with Gasteiger partial charge >= 0.3 is 0 Å². The molecule has 8 atom stereocenters. The number of hydrogen-bond donors (Lipinski definition) is 1. The van der Waals surface area contributed by atoms with Crippen molar-refractivity contribution in [1.29, 1.82) is 0 Å². The van der Waals surface area contributed by atoms with E-state index >= 15 is 0 Å². The van der Waals surface area contributed by atoms with Gasteiger partial charge in [-0.1, -0.05) is 45.8 Å². The van der Waals surface area contributed by atoms with E-state index in [0.29, 0.717) is 22.7 Å². The highest BCUT2D eigenvalue weighted by atomic mass is 15.0. The Morgan fingerprint density at radius 1 is 1.06 bits per heavy atom. The summed E-state index contributed by atoms with van der Waals surface area (Å²) < 4.78 is 2.18. The van der Waals surface area contributed by atoms with Gasteiger partial charge in [-0.3, -0.25) is 0 Å². The molecule has 4 saturated carbocycles. The molecule has 0 radical (unpaired) electrons. The third-order valence-corrected chi connectivity index (χ3v) is 11.1. The van der Waals surface area contributed by atoms with E-state index in [2.05, 4.69) is 43.1 Å². The summed E-state index contributed by atoms with van der Waals surface area (Å²) in [7, 11) is 0. The first-order chi connectivity index (χ1) is 14.8. The summed E-state index contributed by atoms with van der Waals surface area (Å²) in [6.07, 6.45) is 20.9. The molecule has 0 aromatic carbocycles. The van der Waals surface area contributed by atoms with E-state index in [-0.39, 0.29) is 5.54 Å². The van der Waals surface area contributed by atoms with Crippen molar-refractivity contribution >= 4 is 0 Å². The zero-order valence-electron chi connectivity index (χ0n) is 20.3. The second-order valence-electron chi connectivity index (χ2n) is 12.5. The lowest BCUT2D eigenvalue weighted by Gasteiger charge is -2.65. The van der Waals surface area contributed by atoms with Crippen LogP contribution >= 0.6 is 0 Å². The monoisotopic (exact) mass is 423 g/mol. The molecule has 1 aromatic rings. The molecule has 3 heteroatoms. The Kier molecular flexibility index (Phi) is 5.43. The summed E-state index contributed by atoms with van der Waals surface area (Å²) in [5.74, 6) is 3.88. The molecule has 8 unspecified atom stereocenters. The van der Waals surface area contributed by atoms with Crippen LogP contribution in [0.1, 0.15) is 91.4 Å². The van der Waals surface area contributed by atoms with Gasteiger partial charge in [0.25, 0.3) is 0 Å². The second-order valence-corrected chi connectivity index (χ2v) is 12.5. The number of hydrogen-bond acceptors (Lipinski definition) is 2. The highest BCUT2D eigenvalue weighted by molar-refractivity contribution is 5.22. The molecule has 5 rings (SSSR count). The largest absolute Gasteiger partial charge is 0.333 e. The van der Waals surface area contributed by atoms with Crippen LogP contribution in [0.2, 0.25) is 0 Å². The molecular formula is C28H45N3. The van der Waals surface area contributed by atoms with Gasteiger partial charge in [0.1, 0.15) is 0 Å². The van der Waals surface area contributed by atoms with Gasteiger partial charge in [0.2, 0.25) is 0 Å². The van der Waals surface area contributed by atoms with Crippen molar-refractivity contribution in [3.63, 3.8) is 0 Å². The Labute approximate surface area is 190 Å². The first-order valence-electron chi connectivity index (χ1n) is 13.2. The molecule has 4 fully saturated rings. The van der Waals surface area contributed by atoms with Crippen LogP contribution < -0.4 is 5.73 Å². The standard InChI is InChI=1S/C28H45N3/c1-5-6-21-9-12-26(3)22(17-21)10-14-28(29)24-8-7-23(27(24,4)13-11-25(26)28)20(2)18-31-16-15-30-19-31/h15-16,19,21-25H,2,5-14,17-18,29H2,1,3-4H3. The van der Waals surface area contributed by atoms with Crippen molar-refractivity contribution in [3.8, 4) is 0 Å². The highest BCUT2D eigenvalue weighted by Gasteiger charge is 2.65. The molecule has 2 N–H and O–H groups in total. The fourth-order valence-electron chi connectivity index (χ4n) is 9.63. The molecule has 1 heterocycles. The third-order valence-electron chi connectivity index (χ3n) is 11.1. The minimum atomic E-state index is 0.0415. The number of allylic oxidation sites excluding steroid dienone is 1. The first-order valence-corrected chi connectivity index (χ1v) is 13.2. The van der Waals surface area contributed by atoms with Gasteiger partial charge in [-0.25, -0.2) is 4.98 Å². The van der Waals surface area contributed by atoms with Crippen LogP contribution in [-0.2, 0) is 6.54 Å². The molecule has 172 valence electrons. The molecule has 0 bridgehead atoms. The first kappa shape index (κ1) is 21.7. The topological polar surface area (TPSA) is 43.8 Å². The summed E-state index contributed by atoms with van der Waals surface area (Å²) >= 11 is 0. The van der Waals surface area contributed by atoms with Crippen LogP contribution in [0.4, 0.5) is 0 Å². The lowest BCUT2D eigenvalue weighted by molar-refractivity contribution is -0.130. The molecule has 31 heavy (non-hydrogen) atoms. The van der Waals surface area contributed by atoms with Gasteiger partial charge in [0.05, 0.1) is 6.33 Å². The highest BCUT2D eigenvalue weighted by Crippen LogP contribution is 2.69. The summed E-state index contributed by atoms with van der Waals surface area (Å²) in [6.45, 7) is 13.1. The maximum atomic E-state index is 7.57. The van der Waals surface area contributed by atoms with Crippen LogP contribution in [0.25, 0.3) is 0 Å². The molecule has 0 saturated heterocycles. The van der Waals surface area contributed by atoms with Gasteiger partial charge < -0.3 is 10.3 Å². The third kappa shape index (κ3) is 3.28. The lowest BCUT2D eigenvalue weighted by atomic mass is 9.41. The molecule has 0 spiro atoms. The fourth-order valence-corrected chi connectivity index (χ4v) is 9.63. The molecule has 3 nitrogen and oxygen atoms in total. The Morgan fingerprint density at radius 2 is 1.84 bits per heavy atom. The predicted molar refractivity (Wildman–Crippen MR) is 128 cm³/mol. The van der Waals surface area contributed by atoms with Gasteiger partial charge in [0.15, 0.2) is 0 Å². The lowest BCUT2D eigenvalue weighted by Crippen LogP contribution is -2.68. The number of fused-ring (bicyclic) bond motifs is 5. The Bertz CT molecular complexity index is 799. The SMILES string of the molecule is C=C(Cn1ccnc1)C1CCC2C1(C)CCC1C3(C)CCC(CCC)CC3CCC12N. The van der Waals surface area contributed by atoms with E-state index < -0.39 is 0 Å². The van der Waals surface area contributed by atoms with Gasteiger partial charge in [-0.2, -0.15) is 0 Å². The van der Waals surface area contributed by atoms with E-state index in [0.717, 1.165) is 24.3 Å². The average Bonchev–Trinajstić information content (AvgIpc) is 3.36. The predicted octanol–water partition coefficient (Wildman–Crippen LogP) is 6.60. The zero-order valence-corrected chi connectivity index (χ0v) is 20.3. The number of rotatable bonds is 5. The second kappa shape index (κ2) is 7.75. The van der Waals surface area contributed by atoms with Crippen molar-refractivity contribution in [1.82, 2.24) is 9.55 Å². The maximum absolute atomic E-state index is 7.57. The minimum Gasteiger partial charge on any atom is -0.333 e. The normalized spacial score (nSPS) is 46.8.